The largest absolute Gasteiger partial charge is 0.479 e. The van der Waals surface area contributed by atoms with Crippen LogP contribution in [0.15, 0.2) is 33.9 Å². The van der Waals surface area contributed by atoms with E-state index in [4.69, 9.17) is 14.3 Å². The molecule has 1 fully saturated rings. The van der Waals surface area contributed by atoms with Crippen molar-refractivity contribution in [3.63, 3.8) is 0 Å². The second-order valence-electron chi connectivity index (χ2n) is 4.42. The van der Waals surface area contributed by atoms with Gasteiger partial charge in [-0.2, -0.15) is 0 Å². The number of ether oxygens (including phenoxy) is 1. The summed E-state index contributed by atoms with van der Waals surface area (Å²) in [6, 6.07) is 7.59. The van der Waals surface area contributed by atoms with Gasteiger partial charge in [0.2, 0.25) is 0 Å². The van der Waals surface area contributed by atoms with Gasteiger partial charge >= 0.3 is 5.97 Å². The fourth-order valence-electron chi connectivity index (χ4n) is 2.09. The molecule has 1 aromatic carbocycles. The number of oxazole rings is 1. The van der Waals surface area contributed by atoms with Crippen LogP contribution in [0.3, 0.4) is 0 Å². The molecule has 19 heavy (non-hydrogen) atoms. The summed E-state index contributed by atoms with van der Waals surface area (Å²) < 4.78 is 11.0. The highest BCUT2D eigenvalue weighted by Crippen LogP contribution is 2.28. The van der Waals surface area contributed by atoms with E-state index < -0.39 is 12.1 Å². The van der Waals surface area contributed by atoms with Crippen LogP contribution in [0.25, 0.3) is 11.1 Å². The van der Waals surface area contributed by atoms with Crippen molar-refractivity contribution >= 4 is 28.8 Å². The molecule has 0 amide bonds. The molecule has 1 aromatic heterocycles. The minimum absolute atomic E-state index is 0.0406. The van der Waals surface area contributed by atoms with Crippen LogP contribution in [0.5, 0.6) is 0 Å². The van der Waals surface area contributed by atoms with Gasteiger partial charge < -0.3 is 14.3 Å². The highest BCUT2D eigenvalue weighted by atomic mass is 32.2. The smallest absolute Gasteiger partial charge is 0.332 e. The lowest BCUT2D eigenvalue weighted by molar-refractivity contribution is -0.148. The number of aromatic nitrogens is 1. The standard InChI is InChI=1S/C13H13NO4S/c15-12(16)11-6-5-8(17-11)7-19-13-14-9-3-1-2-4-10(9)18-13/h1-4,8,11H,5-7H2,(H,15,16). The van der Waals surface area contributed by atoms with Crippen LogP contribution in [0.1, 0.15) is 12.8 Å². The number of para-hydroxylation sites is 2. The normalized spacial score (nSPS) is 22.9. The number of fused-ring (bicyclic) bond motifs is 1. The second kappa shape index (κ2) is 5.22. The van der Waals surface area contributed by atoms with Crippen LogP contribution < -0.4 is 0 Å². The highest BCUT2D eigenvalue weighted by Gasteiger charge is 2.30. The summed E-state index contributed by atoms with van der Waals surface area (Å²) in [6.45, 7) is 0. The van der Waals surface area contributed by atoms with Gasteiger partial charge in [-0.05, 0) is 25.0 Å². The van der Waals surface area contributed by atoms with Crippen molar-refractivity contribution in [1.82, 2.24) is 4.98 Å². The van der Waals surface area contributed by atoms with Gasteiger partial charge in [0.15, 0.2) is 11.7 Å². The number of thioether (sulfide) groups is 1. The Morgan fingerprint density at radius 1 is 1.42 bits per heavy atom. The van der Waals surface area contributed by atoms with Crippen LogP contribution in [0, 0.1) is 0 Å². The summed E-state index contributed by atoms with van der Waals surface area (Å²) in [5, 5.41) is 9.45. The Bertz CT molecular complexity index is 564. The van der Waals surface area contributed by atoms with E-state index >= 15 is 0 Å². The summed E-state index contributed by atoms with van der Waals surface area (Å²) in [5.74, 6) is -0.217. The monoisotopic (exact) mass is 279 g/mol. The Balaban J connectivity index is 1.59. The van der Waals surface area contributed by atoms with E-state index in [-0.39, 0.29) is 6.10 Å². The molecule has 5 nitrogen and oxygen atoms in total. The predicted octanol–water partition coefficient (Wildman–Crippen LogP) is 2.55. The van der Waals surface area contributed by atoms with E-state index in [0.717, 1.165) is 17.5 Å². The third kappa shape index (κ3) is 2.74. The van der Waals surface area contributed by atoms with Gasteiger partial charge in [0.25, 0.3) is 5.22 Å². The Morgan fingerprint density at radius 2 is 2.26 bits per heavy atom. The van der Waals surface area contributed by atoms with Crippen LogP contribution in [-0.2, 0) is 9.53 Å². The number of carbonyl (C=O) groups is 1. The van der Waals surface area contributed by atoms with Gasteiger partial charge in [-0.15, -0.1) is 0 Å². The molecule has 100 valence electrons. The molecule has 0 saturated carbocycles. The van der Waals surface area contributed by atoms with E-state index in [0.29, 0.717) is 17.4 Å². The van der Waals surface area contributed by atoms with Gasteiger partial charge in [-0.1, -0.05) is 23.9 Å². The molecule has 1 aliphatic heterocycles. The molecule has 2 aromatic rings. The summed E-state index contributed by atoms with van der Waals surface area (Å²) in [4.78, 5) is 15.1. The van der Waals surface area contributed by atoms with Crippen LogP contribution in [0.2, 0.25) is 0 Å². The molecule has 3 rings (SSSR count). The van der Waals surface area contributed by atoms with Gasteiger partial charge in [0, 0.05) is 5.75 Å². The van der Waals surface area contributed by atoms with E-state index in [1.54, 1.807) is 0 Å². The predicted molar refractivity (Wildman–Crippen MR) is 70.3 cm³/mol. The van der Waals surface area contributed by atoms with E-state index in [2.05, 4.69) is 4.98 Å². The molecule has 2 atom stereocenters. The van der Waals surface area contributed by atoms with Gasteiger partial charge in [0.1, 0.15) is 5.52 Å². The van der Waals surface area contributed by atoms with Crippen LogP contribution in [0.4, 0.5) is 0 Å². The van der Waals surface area contributed by atoms with Gasteiger partial charge in [0.05, 0.1) is 6.10 Å². The van der Waals surface area contributed by atoms with Crippen molar-refractivity contribution in [3.8, 4) is 0 Å². The third-order valence-corrected chi connectivity index (χ3v) is 4.01. The molecule has 1 saturated heterocycles. The molecule has 0 aliphatic carbocycles. The maximum Gasteiger partial charge on any atom is 0.332 e. The maximum absolute atomic E-state index is 10.8. The number of rotatable bonds is 4. The second-order valence-corrected chi connectivity index (χ2v) is 5.39. The summed E-state index contributed by atoms with van der Waals surface area (Å²) in [5.41, 5.74) is 1.60. The zero-order chi connectivity index (χ0) is 13.2. The molecule has 0 radical (unpaired) electrons. The first-order valence-electron chi connectivity index (χ1n) is 6.09. The summed E-state index contributed by atoms with van der Waals surface area (Å²) in [7, 11) is 0. The maximum atomic E-state index is 10.8. The minimum Gasteiger partial charge on any atom is -0.479 e. The molecule has 2 heterocycles. The molecule has 6 heteroatoms. The number of aliphatic carboxylic acids is 1. The van der Waals surface area contributed by atoms with Crippen molar-refractivity contribution in [3.05, 3.63) is 24.3 Å². The number of benzene rings is 1. The first-order valence-corrected chi connectivity index (χ1v) is 7.07. The lowest BCUT2D eigenvalue weighted by Crippen LogP contribution is -2.21. The third-order valence-electron chi connectivity index (χ3n) is 3.05. The molecule has 2 unspecified atom stereocenters. The number of nitrogens with zero attached hydrogens (tertiary/aromatic N) is 1. The van der Waals surface area contributed by atoms with Crippen LogP contribution in [-0.4, -0.2) is 34.0 Å². The molecular formula is C13H13NO4S. The fourth-order valence-corrected chi connectivity index (χ4v) is 2.97. The Hall–Kier alpha value is -1.53. The zero-order valence-electron chi connectivity index (χ0n) is 10.1. The van der Waals surface area contributed by atoms with Crippen molar-refractivity contribution in [2.24, 2.45) is 0 Å². The van der Waals surface area contributed by atoms with Crippen molar-refractivity contribution in [2.75, 3.05) is 5.75 Å². The summed E-state index contributed by atoms with van der Waals surface area (Å²) >= 11 is 1.46. The number of hydrogen-bond acceptors (Lipinski definition) is 5. The van der Waals surface area contributed by atoms with E-state index in [1.165, 1.54) is 11.8 Å². The number of carboxylic acids is 1. The lowest BCUT2D eigenvalue weighted by Gasteiger charge is -2.08. The fraction of sp³-hybridized carbons (Fsp3) is 0.385. The minimum atomic E-state index is -0.880. The quantitative estimate of drug-likeness (QED) is 0.867. The van der Waals surface area contributed by atoms with Gasteiger partial charge in [-0.25, -0.2) is 9.78 Å². The molecular weight excluding hydrogens is 266 g/mol. The first-order chi connectivity index (χ1) is 9.22. The van der Waals surface area contributed by atoms with Gasteiger partial charge in [-0.3, -0.25) is 0 Å². The lowest BCUT2D eigenvalue weighted by atomic mass is 10.2. The first kappa shape index (κ1) is 12.5. The molecule has 0 bridgehead atoms. The Morgan fingerprint density at radius 3 is 3.00 bits per heavy atom. The van der Waals surface area contributed by atoms with E-state index in [1.807, 2.05) is 24.3 Å². The van der Waals surface area contributed by atoms with Crippen LogP contribution >= 0.6 is 11.8 Å². The topological polar surface area (TPSA) is 72.6 Å². The van der Waals surface area contributed by atoms with E-state index in [9.17, 15) is 4.79 Å². The van der Waals surface area contributed by atoms with Crippen molar-refractivity contribution < 1.29 is 19.1 Å². The number of carboxylic acid groups (broad SMARTS) is 1. The molecule has 0 spiro atoms. The molecule has 1 aliphatic rings. The van der Waals surface area contributed by atoms with Crippen molar-refractivity contribution in [1.29, 1.82) is 0 Å². The molecule has 1 N–H and O–H groups in total. The number of hydrogen-bond donors (Lipinski definition) is 1. The summed E-state index contributed by atoms with van der Waals surface area (Å²) in [6.07, 6.45) is 0.647. The Labute approximate surface area is 114 Å². The Kier molecular flexibility index (Phi) is 3.44. The average molecular weight is 279 g/mol. The van der Waals surface area contributed by atoms with Crippen molar-refractivity contribution in [2.45, 2.75) is 30.3 Å². The SMILES string of the molecule is O=C(O)C1CCC(CSc2nc3ccccc3o2)O1. The zero-order valence-corrected chi connectivity index (χ0v) is 10.9. The highest BCUT2D eigenvalue weighted by molar-refractivity contribution is 7.99. The average Bonchev–Trinajstić information content (AvgIpc) is 3.02.